The van der Waals surface area contributed by atoms with E-state index in [0.717, 1.165) is 24.3 Å². The number of rotatable bonds is 4. The van der Waals surface area contributed by atoms with Crippen molar-refractivity contribution in [2.75, 3.05) is 16.8 Å². The topological polar surface area (TPSA) is 98.3 Å². The van der Waals surface area contributed by atoms with Crippen LogP contribution in [0.5, 0.6) is 0 Å². The second-order valence-electron chi connectivity index (χ2n) is 4.41. The summed E-state index contributed by atoms with van der Waals surface area (Å²) in [5, 5.41) is 14.1. The van der Waals surface area contributed by atoms with Gasteiger partial charge in [0.15, 0.2) is 0 Å². The maximum atomic E-state index is 11.1. The van der Waals surface area contributed by atoms with E-state index >= 15 is 0 Å². The van der Waals surface area contributed by atoms with Gasteiger partial charge >= 0.3 is 0 Å². The zero-order valence-corrected chi connectivity index (χ0v) is 11.1. The van der Waals surface area contributed by atoms with E-state index in [2.05, 4.69) is 5.32 Å². The zero-order valence-electron chi connectivity index (χ0n) is 10.3. The third-order valence-corrected chi connectivity index (χ3v) is 4.21. The quantitative estimate of drug-likeness (QED) is 0.649. The first-order valence-corrected chi connectivity index (χ1v) is 7.16. The molecule has 102 valence electrons. The molecule has 0 bridgehead atoms. The Balaban J connectivity index is 2.26. The molecule has 1 saturated heterocycles. The van der Waals surface area contributed by atoms with E-state index in [0.29, 0.717) is 5.69 Å². The second-order valence-corrected chi connectivity index (χ2v) is 5.56. The van der Waals surface area contributed by atoms with Gasteiger partial charge in [0.05, 0.1) is 4.92 Å². The van der Waals surface area contributed by atoms with Crippen molar-refractivity contribution in [1.29, 1.82) is 0 Å². The highest BCUT2D eigenvalue weighted by Gasteiger charge is 2.20. The third kappa shape index (κ3) is 3.37. The van der Waals surface area contributed by atoms with Crippen LogP contribution >= 0.6 is 11.8 Å². The van der Waals surface area contributed by atoms with E-state index in [-0.39, 0.29) is 17.3 Å². The molecule has 6 nitrogen and oxygen atoms in total. The van der Waals surface area contributed by atoms with Crippen molar-refractivity contribution in [3.8, 4) is 0 Å². The number of hydrogen-bond acceptors (Lipinski definition) is 5. The standard InChI is InChI=1S/C12H15N3O3S/c13-12(16)8-3-4-11(15(17)18)10(6-8)14-9-2-1-5-19-7-9/h3-4,6,9,14H,1-2,5,7H2,(H2,13,16). The summed E-state index contributed by atoms with van der Waals surface area (Å²) in [6.07, 6.45) is 2.07. The first kappa shape index (κ1) is 13.7. The molecule has 7 heteroatoms. The molecule has 1 aliphatic rings. The number of primary amides is 1. The fourth-order valence-electron chi connectivity index (χ4n) is 2.04. The number of nitrogens with zero attached hydrogens (tertiary/aromatic N) is 1. The van der Waals surface area contributed by atoms with Gasteiger partial charge in [-0.05, 0) is 30.7 Å². The lowest BCUT2D eigenvalue weighted by molar-refractivity contribution is -0.384. The summed E-state index contributed by atoms with van der Waals surface area (Å²) in [5.41, 5.74) is 5.82. The molecule has 1 fully saturated rings. The Labute approximate surface area is 114 Å². The maximum Gasteiger partial charge on any atom is 0.292 e. The first-order chi connectivity index (χ1) is 9.08. The smallest absolute Gasteiger partial charge is 0.292 e. The number of nitro benzene ring substituents is 1. The van der Waals surface area contributed by atoms with E-state index in [1.807, 2.05) is 11.8 Å². The van der Waals surface area contributed by atoms with Crippen LogP contribution in [0, 0.1) is 10.1 Å². The predicted octanol–water partition coefficient (Wildman–Crippen LogP) is 2.00. The first-order valence-electron chi connectivity index (χ1n) is 6.00. The molecule has 1 aromatic rings. The highest BCUT2D eigenvalue weighted by molar-refractivity contribution is 7.99. The van der Waals surface area contributed by atoms with Crippen LogP contribution in [-0.4, -0.2) is 28.4 Å². The van der Waals surface area contributed by atoms with Gasteiger partial charge in [0.25, 0.3) is 5.69 Å². The SMILES string of the molecule is NC(=O)c1ccc([N+](=O)[O-])c(NC2CCCSC2)c1. The number of thioether (sulfide) groups is 1. The summed E-state index contributed by atoms with van der Waals surface area (Å²) in [7, 11) is 0. The molecule has 0 spiro atoms. The van der Waals surface area contributed by atoms with Gasteiger partial charge in [0, 0.05) is 23.4 Å². The number of benzene rings is 1. The van der Waals surface area contributed by atoms with E-state index in [1.54, 1.807) is 0 Å². The molecule has 1 heterocycles. The zero-order chi connectivity index (χ0) is 13.8. The number of nitrogens with one attached hydrogen (secondary N) is 1. The van der Waals surface area contributed by atoms with Crippen LogP contribution in [0.15, 0.2) is 18.2 Å². The van der Waals surface area contributed by atoms with E-state index in [1.165, 1.54) is 18.2 Å². The number of nitrogens with two attached hydrogens (primary N) is 1. The largest absolute Gasteiger partial charge is 0.376 e. The second kappa shape index (κ2) is 5.92. The molecule has 19 heavy (non-hydrogen) atoms. The summed E-state index contributed by atoms with van der Waals surface area (Å²) < 4.78 is 0. The molecule has 1 atom stereocenters. The lowest BCUT2D eigenvalue weighted by Crippen LogP contribution is -2.26. The van der Waals surface area contributed by atoms with Gasteiger partial charge < -0.3 is 11.1 Å². The molecule has 0 aromatic heterocycles. The van der Waals surface area contributed by atoms with Crippen LogP contribution in [0.25, 0.3) is 0 Å². The fourth-order valence-corrected chi connectivity index (χ4v) is 3.11. The van der Waals surface area contributed by atoms with Gasteiger partial charge in [-0.3, -0.25) is 14.9 Å². The Morgan fingerprint density at radius 1 is 1.53 bits per heavy atom. The Morgan fingerprint density at radius 2 is 2.32 bits per heavy atom. The van der Waals surface area contributed by atoms with Gasteiger partial charge in [-0.1, -0.05) is 0 Å². The van der Waals surface area contributed by atoms with Crippen LogP contribution in [-0.2, 0) is 0 Å². The average molecular weight is 281 g/mol. The Hall–Kier alpha value is -1.76. The van der Waals surface area contributed by atoms with Crippen LogP contribution in [0.4, 0.5) is 11.4 Å². The lowest BCUT2D eigenvalue weighted by atomic mass is 10.1. The maximum absolute atomic E-state index is 11.1. The summed E-state index contributed by atoms with van der Waals surface area (Å²) in [6, 6.07) is 4.35. The summed E-state index contributed by atoms with van der Waals surface area (Å²) in [5.74, 6) is 1.45. The molecule has 2 rings (SSSR count). The molecule has 1 aliphatic heterocycles. The highest BCUT2D eigenvalue weighted by Crippen LogP contribution is 2.28. The molecular formula is C12H15N3O3S. The third-order valence-electron chi connectivity index (χ3n) is 3.00. The van der Waals surface area contributed by atoms with Crippen LogP contribution < -0.4 is 11.1 Å². The Kier molecular flexibility index (Phi) is 4.26. The molecule has 1 amide bonds. The van der Waals surface area contributed by atoms with E-state index in [9.17, 15) is 14.9 Å². The van der Waals surface area contributed by atoms with Gasteiger partial charge in [0.2, 0.25) is 5.91 Å². The van der Waals surface area contributed by atoms with E-state index in [4.69, 9.17) is 5.73 Å². The summed E-state index contributed by atoms with van der Waals surface area (Å²) >= 11 is 1.82. The minimum absolute atomic E-state index is 0.0272. The van der Waals surface area contributed by atoms with Crippen molar-refractivity contribution in [2.45, 2.75) is 18.9 Å². The molecule has 0 aliphatic carbocycles. The van der Waals surface area contributed by atoms with E-state index < -0.39 is 10.8 Å². The minimum atomic E-state index is -0.587. The minimum Gasteiger partial charge on any atom is -0.376 e. The Bertz CT molecular complexity index is 501. The highest BCUT2D eigenvalue weighted by atomic mass is 32.2. The van der Waals surface area contributed by atoms with Crippen molar-refractivity contribution >= 4 is 29.0 Å². The normalized spacial score (nSPS) is 18.8. The number of carbonyl (C=O) groups is 1. The average Bonchev–Trinajstić information content (AvgIpc) is 2.39. The van der Waals surface area contributed by atoms with Crippen molar-refractivity contribution in [1.82, 2.24) is 0 Å². The van der Waals surface area contributed by atoms with Gasteiger partial charge in [0.1, 0.15) is 5.69 Å². The number of nitro groups is 1. The number of anilines is 1. The number of amides is 1. The van der Waals surface area contributed by atoms with Gasteiger partial charge in [-0.15, -0.1) is 0 Å². The molecule has 0 radical (unpaired) electrons. The van der Waals surface area contributed by atoms with Crippen LogP contribution in [0.1, 0.15) is 23.2 Å². The molecular weight excluding hydrogens is 266 g/mol. The van der Waals surface area contributed by atoms with Crippen molar-refractivity contribution in [3.05, 3.63) is 33.9 Å². The fraction of sp³-hybridized carbons (Fsp3) is 0.417. The molecule has 3 N–H and O–H groups in total. The lowest BCUT2D eigenvalue weighted by Gasteiger charge is -2.23. The molecule has 1 aromatic carbocycles. The van der Waals surface area contributed by atoms with Gasteiger partial charge in [-0.25, -0.2) is 0 Å². The monoisotopic (exact) mass is 281 g/mol. The predicted molar refractivity (Wildman–Crippen MR) is 75.6 cm³/mol. The van der Waals surface area contributed by atoms with Crippen LogP contribution in [0.3, 0.4) is 0 Å². The van der Waals surface area contributed by atoms with Crippen molar-refractivity contribution in [3.63, 3.8) is 0 Å². The Morgan fingerprint density at radius 3 is 2.89 bits per heavy atom. The van der Waals surface area contributed by atoms with Gasteiger partial charge in [-0.2, -0.15) is 11.8 Å². The summed E-state index contributed by atoms with van der Waals surface area (Å²) in [6.45, 7) is 0. The van der Waals surface area contributed by atoms with Crippen molar-refractivity contribution in [2.24, 2.45) is 5.73 Å². The molecule has 0 saturated carbocycles. The summed E-state index contributed by atoms with van der Waals surface area (Å²) in [4.78, 5) is 21.7. The van der Waals surface area contributed by atoms with Crippen molar-refractivity contribution < 1.29 is 9.72 Å². The number of hydrogen-bond donors (Lipinski definition) is 2. The van der Waals surface area contributed by atoms with Crippen LogP contribution in [0.2, 0.25) is 0 Å². The number of carbonyl (C=O) groups excluding carboxylic acids is 1. The molecule has 1 unspecified atom stereocenters.